The van der Waals surface area contributed by atoms with Crippen molar-refractivity contribution in [2.24, 2.45) is 0 Å². The zero-order valence-corrected chi connectivity index (χ0v) is 6.08. The second-order valence-electron chi connectivity index (χ2n) is 0. The Kier molecular flexibility index (Phi) is 239. The van der Waals surface area contributed by atoms with Gasteiger partial charge < -0.3 is 11.0 Å². The first kappa shape index (κ1) is 29.1. The van der Waals surface area contributed by atoms with Crippen molar-refractivity contribution in [3.05, 3.63) is 0 Å². The Morgan fingerprint density at radius 2 is 1.20 bits per heavy atom. The summed E-state index contributed by atoms with van der Waals surface area (Å²) in [6.45, 7) is 0. The summed E-state index contributed by atoms with van der Waals surface area (Å²) in [5.74, 6) is 0. The van der Waals surface area contributed by atoms with Gasteiger partial charge in [-0.3, -0.25) is 0 Å². The quantitative estimate of drug-likeness (QED) is 0.289. The van der Waals surface area contributed by atoms with E-state index in [1.165, 1.54) is 0 Å². The van der Waals surface area contributed by atoms with Crippen molar-refractivity contribution >= 4 is 34.6 Å². The molecule has 3 N–H and O–H groups in total. The molecule has 0 aromatic rings. The van der Waals surface area contributed by atoms with Gasteiger partial charge in [0.2, 0.25) is 0 Å². The Labute approximate surface area is 63.8 Å². The van der Waals surface area contributed by atoms with Crippen LogP contribution in [0.25, 0.3) is 0 Å². The molecule has 0 atom stereocenters. The molecule has 0 aliphatic heterocycles. The summed E-state index contributed by atoms with van der Waals surface area (Å²) in [5.41, 5.74) is 0. The van der Waals surface area contributed by atoms with E-state index in [0.717, 1.165) is 26.6 Å². The minimum Gasteiger partial charge on any atom is -0.870 e. The molecule has 0 aromatic heterocycles. The number of hydrogen-bond donors (Lipinski definition) is 0. The number of hydrogen-bond acceptors (Lipinski definition) is 1. The Balaban J connectivity index is -0.00000000167. The molecule has 0 amide bonds. The Bertz CT molecular complexity index is 9.61. The Morgan fingerprint density at radius 1 is 1.20 bits per heavy atom. The Morgan fingerprint density at radius 3 is 1.20 bits per heavy atom. The van der Waals surface area contributed by atoms with Gasteiger partial charge in [-0.05, 0) is 0 Å². The summed E-state index contributed by atoms with van der Waals surface area (Å²) in [6.07, 6.45) is 0. The van der Waals surface area contributed by atoms with Crippen molar-refractivity contribution in [3.63, 3.8) is 0 Å². The molecular formula is H3ClLiNaO2. The molecule has 0 aliphatic rings. The average molecular weight is 100 g/mol. The normalized spacial score (nSPS) is 1.40. The van der Waals surface area contributed by atoms with Crippen LogP contribution < -0.4 is 18.9 Å². The van der Waals surface area contributed by atoms with E-state index in [9.17, 15) is 0 Å². The van der Waals surface area contributed by atoms with Gasteiger partial charge in [0.05, 0.1) is 0 Å². The summed E-state index contributed by atoms with van der Waals surface area (Å²) in [4.78, 5) is 0. The van der Waals surface area contributed by atoms with Crippen LogP contribution in [0, 0.1) is 0 Å². The van der Waals surface area contributed by atoms with E-state index in [-0.39, 0.29) is 29.8 Å². The predicted molar refractivity (Wildman–Crippen MR) is 17.2 cm³/mol. The van der Waals surface area contributed by atoms with Crippen LogP contribution in [0.4, 0.5) is 0 Å². The monoisotopic (exact) mass is 100.0 g/mol. The number of halogens is 1. The first-order valence-corrected chi connectivity index (χ1v) is 3.40. The minimum atomic E-state index is 0. The topological polar surface area (TPSA) is 61.5 Å². The van der Waals surface area contributed by atoms with Crippen molar-refractivity contribution in [1.29, 1.82) is 0 Å². The maximum Gasteiger partial charge on any atom is -0.870 e. The van der Waals surface area contributed by atoms with Crippen LogP contribution in [0.3, 0.4) is 0 Å². The molecule has 0 aliphatic carbocycles. The summed E-state index contributed by atoms with van der Waals surface area (Å²) >= 11 is 0.778. The van der Waals surface area contributed by atoms with Crippen molar-refractivity contribution in [3.8, 4) is 0 Å². The van der Waals surface area contributed by atoms with Crippen LogP contribution in [-0.4, -0.2) is 37.6 Å². The van der Waals surface area contributed by atoms with Crippen molar-refractivity contribution < 1.29 is 29.8 Å². The van der Waals surface area contributed by atoms with Crippen LogP contribution in [0.1, 0.15) is 0 Å². The van der Waals surface area contributed by atoms with Crippen molar-refractivity contribution in [2.75, 3.05) is 0 Å². The van der Waals surface area contributed by atoms with E-state index in [0.29, 0.717) is 0 Å². The largest absolute Gasteiger partial charge is 0.870 e. The molecule has 0 radical (unpaired) electrons. The predicted octanol–water partition coefficient (Wildman–Crippen LogP) is -3.69. The average Bonchev–Trinajstić information content (AvgIpc) is 1.00. The van der Waals surface area contributed by atoms with Gasteiger partial charge in [-0.1, -0.05) is 0 Å². The van der Waals surface area contributed by atoms with Gasteiger partial charge in [0.25, 0.3) is 0 Å². The van der Waals surface area contributed by atoms with Crippen LogP contribution in [0.15, 0.2) is 0 Å². The van der Waals surface area contributed by atoms with Gasteiger partial charge in [-0.15, -0.1) is 0 Å². The molecule has 5 heteroatoms. The maximum absolute atomic E-state index is 4.78. The molecule has 0 bridgehead atoms. The maximum atomic E-state index is 4.78. The summed E-state index contributed by atoms with van der Waals surface area (Å²) in [6, 6.07) is 0. The van der Waals surface area contributed by atoms with E-state index in [1.54, 1.807) is 0 Å². The van der Waals surface area contributed by atoms with Crippen molar-refractivity contribution in [2.45, 2.75) is 0 Å². The molecule has 0 rings (SSSR count). The Hall–Kier alpha value is 1.81. The van der Waals surface area contributed by atoms with E-state index in [4.69, 9.17) is 7.91 Å². The van der Waals surface area contributed by atoms with E-state index >= 15 is 0 Å². The zero-order valence-electron chi connectivity index (χ0n) is 3.33. The fraction of sp³-hybridized carbons (Fsp3) is 0. The molecule has 0 aromatic carbocycles. The fourth-order valence-electron chi connectivity index (χ4n) is 0. The van der Waals surface area contributed by atoms with E-state index < -0.39 is 0 Å². The second kappa shape index (κ2) is 41.1. The SMILES string of the molecule is O.[Li+].[Na][Cl].[OH-]. The fourth-order valence-corrected chi connectivity index (χ4v) is 0. The standard InChI is InChI=1S/ClH.Li.Na.2H2O/h1H;;;2*1H2/q;2*+1;;/p-2. The molecule has 0 fully saturated rings. The summed E-state index contributed by atoms with van der Waals surface area (Å²) in [5, 5.41) is 0. The third kappa shape index (κ3) is 25.8. The molecule has 5 heavy (non-hydrogen) atoms. The number of rotatable bonds is 0. The van der Waals surface area contributed by atoms with Crippen LogP contribution >= 0.6 is 7.91 Å². The van der Waals surface area contributed by atoms with E-state index in [1.807, 2.05) is 0 Å². The first-order chi connectivity index (χ1) is 1.00. The first-order valence-electron chi connectivity index (χ1n) is 0.378. The van der Waals surface area contributed by atoms with Crippen LogP contribution in [0.5, 0.6) is 0 Å². The molecule has 0 unspecified atom stereocenters. The third-order valence-corrected chi connectivity index (χ3v) is 0. The van der Waals surface area contributed by atoms with Crippen LogP contribution in [-0.2, 0) is 0 Å². The van der Waals surface area contributed by atoms with Gasteiger partial charge in [-0.25, -0.2) is 0 Å². The second-order valence-corrected chi connectivity index (χ2v) is 0. The zero-order chi connectivity index (χ0) is 2.00. The van der Waals surface area contributed by atoms with Crippen molar-refractivity contribution in [1.82, 2.24) is 0 Å². The smallest absolute Gasteiger partial charge is 0.870 e. The van der Waals surface area contributed by atoms with Gasteiger partial charge in [0, 0.05) is 0 Å². The molecule has 2 nitrogen and oxygen atoms in total. The summed E-state index contributed by atoms with van der Waals surface area (Å²) in [7, 11) is 4.78. The molecule has 0 saturated heterocycles. The van der Waals surface area contributed by atoms with Gasteiger partial charge >= 0.3 is 53.4 Å². The third-order valence-electron chi connectivity index (χ3n) is 0. The molecule has 24 valence electrons. The van der Waals surface area contributed by atoms with E-state index in [2.05, 4.69) is 0 Å². The van der Waals surface area contributed by atoms with Gasteiger partial charge in [0.1, 0.15) is 0 Å². The summed E-state index contributed by atoms with van der Waals surface area (Å²) < 4.78 is 0. The minimum absolute atomic E-state index is 0. The van der Waals surface area contributed by atoms with Gasteiger partial charge in [-0.2, -0.15) is 0 Å². The molecule has 0 saturated carbocycles. The van der Waals surface area contributed by atoms with Crippen LogP contribution in [0.2, 0.25) is 0 Å². The molecule has 0 spiro atoms. The molecular weight excluding hydrogens is 97.4 g/mol. The van der Waals surface area contributed by atoms with Gasteiger partial charge in [0.15, 0.2) is 0 Å². The molecule has 0 heterocycles.